The van der Waals surface area contributed by atoms with Gasteiger partial charge in [-0.25, -0.2) is 4.79 Å². The molecule has 0 saturated carbocycles. The second-order valence-electron chi connectivity index (χ2n) is 8.40. The zero-order valence-corrected chi connectivity index (χ0v) is 18.2. The lowest BCUT2D eigenvalue weighted by Gasteiger charge is -2.27. The molecule has 2 aromatic carbocycles. The third-order valence-corrected chi connectivity index (χ3v) is 6.18. The molecule has 3 heterocycles. The molecule has 2 atom stereocenters. The van der Waals surface area contributed by atoms with Crippen molar-refractivity contribution in [1.29, 1.82) is 0 Å². The zero-order valence-electron chi connectivity index (χ0n) is 18.2. The maximum Gasteiger partial charge on any atom is 0.322 e. The van der Waals surface area contributed by atoms with Gasteiger partial charge >= 0.3 is 6.03 Å². The summed E-state index contributed by atoms with van der Waals surface area (Å²) in [5.41, 5.74) is 3.43. The van der Waals surface area contributed by atoms with Crippen molar-refractivity contribution < 1.29 is 19.1 Å². The SMILES string of the molecule is Cc1cc(COc2ccc(C(=O)N3CCCC3C3NC(=O)NC3=O)cc2)c2ccccc2n1. The summed E-state index contributed by atoms with van der Waals surface area (Å²) in [4.78, 5) is 42.9. The normalized spacial score (nSPS) is 20.1. The number of carbonyl (C=O) groups is 3. The van der Waals surface area contributed by atoms with Crippen molar-refractivity contribution in [2.75, 3.05) is 6.54 Å². The van der Waals surface area contributed by atoms with Crippen LogP contribution in [0.1, 0.15) is 34.5 Å². The Morgan fingerprint density at radius 3 is 2.70 bits per heavy atom. The summed E-state index contributed by atoms with van der Waals surface area (Å²) >= 11 is 0. The molecular weight excluding hydrogens is 420 g/mol. The average molecular weight is 444 g/mol. The number of ether oxygens (including phenoxy) is 1. The molecule has 3 aromatic rings. The van der Waals surface area contributed by atoms with Crippen molar-refractivity contribution in [1.82, 2.24) is 20.5 Å². The van der Waals surface area contributed by atoms with E-state index in [0.717, 1.165) is 28.6 Å². The summed E-state index contributed by atoms with van der Waals surface area (Å²) in [6.45, 7) is 2.90. The number of fused-ring (bicyclic) bond motifs is 1. The van der Waals surface area contributed by atoms with Gasteiger partial charge in [0.2, 0.25) is 0 Å². The Kier molecular flexibility index (Phi) is 5.42. The van der Waals surface area contributed by atoms with E-state index in [1.54, 1.807) is 29.2 Å². The molecule has 33 heavy (non-hydrogen) atoms. The number of hydrogen-bond acceptors (Lipinski definition) is 5. The van der Waals surface area contributed by atoms with Crippen LogP contribution in [0.15, 0.2) is 54.6 Å². The fourth-order valence-electron chi connectivity index (χ4n) is 4.63. The fourth-order valence-corrected chi connectivity index (χ4v) is 4.63. The van der Waals surface area contributed by atoms with Gasteiger partial charge in [-0.15, -0.1) is 0 Å². The first kappa shape index (κ1) is 20.9. The molecule has 0 spiro atoms. The molecule has 5 rings (SSSR count). The van der Waals surface area contributed by atoms with Crippen LogP contribution in [0, 0.1) is 6.92 Å². The van der Waals surface area contributed by atoms with Crippen molar-refractivity contribution in [2.45, 2.75) is 38.5 Å². The van der Waals surface area contributed by atoms with E-state index in [2.05, 4.69) is 15.6 Å². The summed E-state index contributed by atoms with van der Waals surface area (Å²) in [5, 5.41) is 5.92. The maximum absolute atomic E-state index is 13.1. The van der Waals surface area contributed by atoms with Crippen LogP contribution in [0.25, 0.3) is 10.9 Å². The van der Waals surface area contributed by atoms with Gasteiger partial charge in [0.05, 0.1) is 11.6 Å². The number of para-hydroxylation sites is 1. The number of nitrogens with one attached hydrogen (secondary N) is 2. The maximum atomic E-state index is 13.1. The monoisotopic (exact) mass is 444 g/mol. The molecule has 2 unspecified atom stereocenters. The van der Waals surface area contributed by atoms with Crippen LogP contribution in [0.4, 0.5) is 4.79 Å². The number of carbonyl (C=O) groups excluding carboxylic acids is 3. The van der Waals surface area contributed by atoms with Gasteiger partial charge in [-0.1, -0.05) is 18.2 Å². The summed E-state index contributed by atoms with van der Waals surface area (Å²) < 4.78 is 5.99. The molecular formula is C25H24N4O4. The van der Waals surface area contributed by atoms with E-state index < -0.39 is 12.1 Å². The van der Waals surface area contributed by atoms with E-state index in [9.17, 15) is 14.4 Å². The predicted molar refractivity (Wildman–Crippen MR) is 122 cm³/mol. The highest BCUT2D eigenvalue weighted by atomic mass is 16.5. The second kappa shape index (κ2) is 8.54. The van der Waals surface area contributed by atoms with Crippen LogP contribution >= 0.6 is 0 Å². The molecule has 2 aliphatic heterocycles. The number of likely N-dealkylation sites (tertiary alicyclic amines) is 1. The largest absolute Gasteiger partial charge is 0.489 e. The molecule has 0 aliphatic carbocycles. The van der Waals surface area contributed by atoms with Gasteiger partial charge in [0.25, 0.3) is 11.8 Å². The molecule has 2 saturated heterocycles. The number of nitrogens with zero attached hydrogens (tertiary/aromatic N) is 2. The highest BCUT2D eigenvalue weighted by molar-refractivity contribution is 6.05. The van der Waals surface area contributed by atoms with Gasteiger partial charge in [-0.2, -0.15) is 0 Å². The standard InChI is InChI=1S/C25H24N4O4/c1-15-13-17(19-5-2-3-6-20(19)26-15)14-33-18-10-8-16(9-11-18)24(31)29-12-4-7-21(29)22-23(30)28-25(32)27-22/h2-3,5-6,8-11,13,21-22H,4,7,12,14H2,1H3,(H2,27,28,30,32). The average Bonchev–Trinajstić information content (AvgIpc) is 3.42. The number of rotatable bonds is 5. The lowest BCUT2D eigenvalue weighted by Crippen LogP contribution is -2.50. The molecule has 2 aliphatic rings. The van der Waals surface area contributed by atoms with Gasteiger partial charge in [-0.05, 0) is 56.2 Å². The van der Waals surface area contributed by atoms with Crippen molar-refractivity contribution in [3.05, 3.63) is 71.4 Å². The molecule has 1 aromatic heterocycles. The van der Waals surface area contributed by atoms with Crippen LogP contribution in [0.3, 0.4) is 0 Å². The van der Waals surface area contributed by atoms with Gasteiger partial charge < -0.3 is 15.0 Å². The number of hydrogen-bond donors (Lipinski definition) is 2. The summed E-state index contributed by atoms with van der Waals surface area (Å²) in [5.74, 6) is 0.117. The van der Waals surface area contributed by atoms with Crippen LogP contribution in [-0.2, 0) is 11.4 Å². The molecule has 0 radical (unpaired) electrons. The van der Waals surface area contributed by atoms with Crippen LogP contribution in [0.5, 0.6) is 5.75 Å². The lowest BCUT2D eigenvalue weighted by molar-refractivity contribution is -0.121. The smallest absolute Gasteiger partial charge is 0.322 e. The summed E-state index contributed by atoms with van der Waals surface area (Å²) in [6, 6.07) is 15.4. The molecule has 2 fully saturated rings. The Morgan fingerprint density at radius 2 is 1.94 bits per heavy atom. The van der Waals surface area contributed by atoms with Gasteiger partial charge in [0, 0.05) is 28.8 Å². The van der Waals surface area contributed by atoms with Crippen molar-refractivity contribution in [3.8, 4) is 5.75 Å². The van der Waals surface area contributed by atoms with Crippen molar-refractivity contribution in [2.24, 2.45) is 0 Å². The molecule has 0 bridgehead atoms. The third kappa shape index (κ3) is 4.11. The molecule has 168 valence electrons. The Hall–Kier alpha value is -3.94. The predicted octanol–water partition coefficient (Wildman–Crippen LogP) is 2.93. The van der Waals surface area contributed by atoms with E-state index in [0.29, 0.717) is 30.9 Å². The van der Waals surface area contributed by atoms with E-state index in [-0.39, 0.29) is 17.9 Å². The molecule has 8 heteroatoms. The van der Waals surface area contributed by atoms with Gasteiger partial charge in [-0.3, -0.25) is 19.9 Å². The minimum Gasteiger partial charge on any atom is -0.489 e. The van der Waals surface area contributed by atoms with E-state index >= 15 is 0 Å². The Balaban J connectivity index is 1.28. The molecule has 4 amide bonds. The quantitative estimate of drug-likeness (QED) is 0.590. The minimum atomic E-state index is -0.704. The highest BCUT2D eigenvalue weighted by Crippen LogP contribution is 2.25. The van der Waals surface area contributed by atoms with E-state index in [4.69, 9.17) is 4.74 Å². The summed E-state index contributed by atoms with van der Waals surface area (Å²) in [7, 11) is 0. The Labute approximate surface area is 190 Å². The topological polar surface area (TPSA) is 101 Å². The number of pyridine rings is 1. The highest BCUT2D eigenvalue weighted by Gasteiger charge is 2.43. The number of benzene rings is 2. The Bertz CT molecular complexity index is 1240. The number of aromatic nitrogens is 1. The first-order valence-electron chi connectivity index (χ1n) is 11.0. The number of amides is 4. The summed E-state index contributed by atoms with van der Waals surface area (Å²) in [6.07, 6.45) is 1.46. The fraction of sp³-hybridized carbons (Fsp3) is 0.280. The zero-order chi connectivity index (χ0) is 22.9. The second-order valence-corrected chi connectivity index (χ2v) is 8.40. The third-order valence-electron chi connectivity index (χ3n) is 6.18. The number of imide groups is 1. The van der Waals surface area contributed by atoms with Gasteiger partial charge in [0.1, 0.15) is 18.4 Å². The number of aryl methyl sites for hydroxylation is 1. The Morgan fingerprint density at radius 1 is 1.15 bits per heavy atom. The van der Waals surface area contributed by atoms with Crippen molar-refractivity contribution >= 4 is 28.7 Å². The first-order valence-corrected chi connectivity index (χ1v) is 11.0. The minimum absolute atomic E-state index is 0.159. The molecule has 2 N–H and O–H groups in total. The number of urea groups is 1. The van der Waals surface area contributed by atoms with Gasteiger partial charge in [0.15, 0.2) is 0 Å². The molecule has 8 nitrogen and oxygen atoms in total. The van der Waals surface area contributed by atoms with E-state index in [1.807, 2.05) is 37.3 Å². The van der Waals surface area contributed by atoms with E-state index in [1.165, 1.54) is 0 Å². The van der Waals surface area contributed by atoms with Crippen LogP contribution in [0.2, 0.25) is 0 Å². The lowest BCUT2D eigenvalue weighted by atomic mass is 10.1. The van der Waals surface area contributed by atoms with Crippen LogP contribution < -0.4 is 15.4 Å². The first-order chi connectivity index (χ1) is 16.0. The van der Waals surface area contributed by atoms with Crippen molar-refractivity contribution in [3.63, 3.8) is 0 Å². The van der Waals surface area contributed by atoms with Crippen LogP contribution in [-0.4, -0.2) is 46.4 Å².